The zero-order valence-electron chi connectivity index (χ0n) is 16.1. The van der Waals surface area contributed by atoms with Gasteiger partial charge in [0.15, 0.2) is 11.6 Å². The molecular weight excluding hydrogens is 383 g/mol. The van der Waals surface area contributed by atoms with Crippen molar-refractivity contribution >= 4 is 11.6 Å². The fourth-order valence-electron chi connectivity index (χ4n) is 3.37. The number of aryl methyl sites for hydroxylation is 2. The molecule has 1 saturated heterocycles. The molecule has 1 fully saturated rings. The first-order valence-corrected chi connectivity index (χ1v) is 9.22. The van der Waals surface area contributed by atoms with Gasteiger partial charge in [0.2, 0.25) is 0 Å². The van der Waals surface area contributed by atoms with Gasteiger partial charge in [0.1, 0.15) is 5.82 Å². The number of piperazine rings is 1. The van der Waals surface area contributed by atoms with Crippen molar-refractivity contribution in [2.24, 2.45) is 0 Å². The third-order valence-corrected chi connectivity index (χ3v) is 4.87. The van der Waals surface area contributed by atoms with E-state index in [2.05, 4.69) is 25.2 Å². The molecule has 0 spiro atoms. The van der Waals surface area contributed by atoms with Gasteiger partial charge in [-0.25, -0.2) is 9.67 Å². The molecule has 1 aliphatic rings. The normalized spacial score (nSPS) is 15.1. The molecule has 0 unspecified atom stereocenters. The van der Waals surface area contributed by atoms with Gasteiger partial charge in [-0.15, -0.1) is 10.2 Å². The van der Waals surface area contributed by atoms with Gasteiger partial charge in [0, 0.05) is 38.1 Å². The fourth-order valence-corrected chi connectivity index (χ4v) is 3.37. The summed E-state index contributed by atoms with van der Waals surface area (Å²) in [6.07, 6.45) is -3.49. The van der Waals surface area contributed by atoms with Crippen LogP contribution < -0.4 is 9.80 Å². The summed E-state index contributed by atoms with van der Waals surface area (Å²) >= 11 is 0. The van der Waals surface area contributed by atoms with E-state index in [1.165, 1.54) is 6.07 Å². The van der Waals surface area contributed by atoms with Crippen molar-refractivity contribution in [2.45, 2.75) is 20.0 Å². The largest absolute Gasteiger partial charge is 0.417 e. The zero-order chi connectivity index (χ0) is 20.6. The smallest absolute Gasteiger partial charge is 0.353 e. The molecular formula is C19H20F3N7. The summed E-state index contributed by atoms with van der Waals surface area (Å²) in [6, 6.07) is 8.25. The van der Waals surface area contributed by atoms with Gasteiger partial charge in [-0.3, -0.25) is 0 Å². The molecule has 152 valence electrons. The third-order valence-electron chi connectivity index (χ3n) is 4.87. The van der Waals surface area contributed by atoms with Gasteiger partial charge in [-0.2, -0.15) is 18.3 Å². The lowest BCUT2D eigenvalue weighted by molar-refractivity contribution is -0.137. The highest BCUT2D eigenvalue weighted by Crippen LogP contribution is 2.29. The third kappa shape index (κ3) is 4.01. The van der Waals surface area contributed by atoms with Gasteiger partial charge in [0.05, 0.1) is 11.3 Å². The summed E-state index contributed by atoms with van der Waals surface area (Å²) < 4.78 is 39.8. The number of hydrogen-bond acceptors (Lipinski definition) is 6. The minimum absolute atomic E-state index is 0.545. The van der Waals surface area contributed by atoms with Crippen LogP contribution in [0.3, 0.4) is 0 Å². The Bertz CT molecular complexity index is 973. The maximum absolute atomic E-state index is 12.7. The second-order valence-electron chi connectivity index (χ2n) is 6.97. The van der Waals surface area contributed by atoms with Crippen molar-refractivity contribution in [1.29, 1.82) is 0 Å². The average Bonchev–Trinajstić information content (AvgIpc) is 3.06. The first-order chi connectivity index (χ1) is 13.8. The number of nitrogens with zero attached hydrogens (tertiary/aromatic N) is 7. The molecule has 7 nitrogen and oxygen atoms in total. The van der Waals surface area contributed by atoms with Crippen LogP contribution >= 0.6 is 0 Å². The predicted molar refractivity (Wildman–Crippen MR) is 102 cm³/mol. The molecule has 0 radical (unpaired) electrons. The predicted octanol–water partition coefficient (Wildman–Crippen LogP) is 3.02. The molecule has 0 amide bonds. The minimum Gasteiger partial charge on any atom is -0.353 e. The number of alkyl halides is 3. The number of aromatic nitrogens is 5. The monoisotopic (exact) mass is 403 g/mol. The standard InChI is InChI=1S/C19H20F3N7/c1-13-11-14(2)29(26-13)18-6-5-17(24-25-18)28-9-7-27(8-10-28)16-4-3-15(12-23-16)19(20,21)22/h3-6,11-12H,7-10H2,1-2H3. The highest BCUT2D eigenvalue weighted by atomic mass is 19.4. The van der Waals surface area contributed by atoms with Crippen molar-refractivity contribution in [2.75, 3.05) is 36.0 Å². The summed E-state index contributed by atoms with van der Waals surface area (Å²) in [7, 11) is 0. The number of halogens is 3. The molecule has 4 heterocycles. The maximum Gasteiger partial charge on any atom is 0.417 e. The van der Waals surface area contributed by atoms with E-state index in [1.54, 1.807) is 4.68 Å². The molecule has 3 aromatic heterocycles. The summed E-state index contributed by atoms with van der Waals surface area (Å²) in [6.45, 7) is 6.52. The highest BCUT2D eigenvalue weighted by molar-refractivity contribution is 5.46. The van der Waals surface area contributed by atoms with Crippen LogP contribution in [0.25, 0.3) is 5.82 Å². The Balaban J connectivity index is 1.40. The lowest BCUT2D eigenvalue weighted by Crippen LogP contribution is -2.47. The first-order valence-electron chi connectivity index (χ1n) is 9.22. The molecule has 10 heteroatoms. The lowest BCUT2D eigenvalue weighted by atomic mass is 10.2. The van der Waals surface area contributed by atoms with E-state index < -0.39 is 11.7 Å². The Kier molecular flexibility index (Phi) is 4.85. The molecule has 0 bridgehead atoms. The van der Waals surface area contributed by atoms with Crippen molar-refractivity contribution in [1.82, 2.24) is 25.0 Å². The average molecular weight is 403 g/mol. The summed E-state index contributed by atoms with van der Waals surface area (Å²) in [5.41, 5.74) is 1.17. The molecule has 0 atom stereocenters. The van der Waals surface area contributed by atoms with Crippen LogP contribution in [0.4, 0.5) is 24.8 Å². The van der Waals surface area contributed by atoms with E-state index in [4.69, 9.17) is 0 Å². The molecule has 0 aliphatic carbocycles. The minimum atomic E-state index is -4.37. The van der Waals surface area contributed by atoms with E-state index >= 15 is 0 Å². The molecule has 4 rings (SSSR count). The topological polar surface area (TPSA) is 63.0 Å². The number of anilines is 2. The van der Waals surface area contributed by atoms with E-state index in [-0.39, 0.29) is 0 Å². The lowest BCUT2D eigenvalue weighted by Gasteiger charge is -2.35. The van der Waals surface area contributed by atoms with Gasteiger partial charge in [0.25, 0.3) is 0 Å². The van der Waals surface area contributed by atoms with Crippen LogP contribution in [0.15, 0.2) is 36.5 Å². The van der Waals surface area contributed by atoms with Crippen molar-refractivity contribution < 1.29 is 13.2 Å². The Morgan fingerprint density at radius 3 is 1.90 bits per heavy atom. The van der Waals surface area contributed by atoms with Crippen LogP contribution in [-0.2, 0) is 6.18 Å². The van der Waals surface area contributed by atoms with Gasteiger partial charge >= 0.3 is 6.18 Å². The van der Waals surface area contributed by atoms with Gasteiger partial charge in [-0.1, -0.05) is 0 Å². The summed E-state index contributed by atoms with van der Waals surface area (Å²) in [5, 5.41) is 13.0. The summed E-state index contributed by atoms with van der Waals surface area (Å²) in [5.74, 6) is 1.96. The molecule has 0 aromatic carbocycles. The van der Waals surface area contributed by atoms with Crippen LogP contribution in [0, 0.1) is 13.8 Å². The first kappa shape index (κ1) is 19.2. The molecule has 0 saturated carbocycles. The van der Waals surface area contributed by atoms with Crippen molar-refractivity contribution in [3.63, 3.8) is 0 Å². The Labute approximate surface area is 165 Å². The number of pyridine rings is 1. The van der Waals surface area contributed by atoms with Crippen LogP contribution in [0.2, 0.25) is 0 Å². The quantitative estimate of drug-likeness (QED) is 0.670. The molecule has 3 aromatic rings. The summed E-state index contributed by atoms with van der Waals surface area (Å²) in [4.78, 5) is 8.03. The van der Waals surface area contributed by atoms with E-state index in [0.717, 1.165) is 29.5 Å². The SMILES string of the molecule is Cc1cc(C)n(-c2ccc(N3CCN(c4ccc(C(F)(F)F)cn4)CC3)nn2)n1. The molecule has 0 N–H and O–H groups in total. The van der Waals surface area contributed by atoms with E-state index in [0.29, 0.717) is 37.8 Å². The fraction of sp³-hybridized carbons (Fsp3) is 0.368. The number of hydrogen-bond donors (Lipinski definition) is 0. The van der Waals surface area contributed by atoms with Gasteiger partial charge in [-0.05, 0) is 44.2 Å². The van der Waals surface area contributed by atoms with Gasteiger partial charge < -0.3 is 9.80 Å². The second-order valence-corrected chi connectivity index (χ2v) is 6.97. The molecule has 29 heavy (non-hydrogen) atoms. The highest BCUT2D eigenvalue weighted by Gasteiger charge is 2.31. The number of rotatable bonds is 3. The van der Waals surface area contributed by atoms with Crippen molar-refractivity contribution in [3.05, 3.63) is 53.5 Å². The second kappa shape index (κ2) is 7.34. The van der Waals surface area contributed by atoms with Crippen LogP contribution in [0.5, 0.6) is 0 Å². The Hall–Kier alpha value is -3.17. The Morgan fingerprint density at radius 2 is 1.41 bits per heavy atom. The van der Waals surface area contributed by atoms with Crippen LogP contribution in [0.1, 0.15) is 17.0 Å². The van der Waals surface area contributed by atoms with Crippen molar-refractivity contribution in [3.8, 4) is 5.82 Å². The molecule has 1 aliphatic heterocycles. The van der Waals surface area contributed by atoms with Crippen LogP contribution in [-0.4, -0.2) is 51.1 Å². The Morgan fingerprint density at radius 1 is 0.828 bits per heavy atom. The van der Waals surface area contributed by atoms with E-state index in [1.807, 2.05) is 36.9 Å². The maximum atomic E-state index is 12.7. The zero-order valence-corrected chi connectivity index (χ0v) is 16.1. The van der Waals surface area contributed by atoms with E-state index in [9.17, 15) is 13.2 Å².